The van der Waals surface area contributed by atoms with Gasteiger partial charge in [0, 0.05) is 0 Å². The van der Waals surface area contributed by atoms with E-state index < -0.39 is 0 Å². The van der Waals surface area contributed by atoms with Crippen LogP contribution in [-0.4, -0.2) is 6.29 Å². The summed E-state index contributed by atoms with van der Waals surface area (Å²) in [7, 11) is 0. The monoisotopic (exact) mass is 182 g/mol. The molecule has 0 aromatic rings. The first-order chi connectivity index (χ1) is 6.24. The third kappa shape index (κ3) is 4.25. The van der Waals surface area contributed by atoms with Gasteiger partial charge < -0.3 is 0 Å². The Labute approximate surface area is 82.2 Å². The summed E-state index contributed by atoms with van der Waals surface area (Å²) in [5, 5.41) is 0. The highest BCUT2D eigenvalue weighted by Crippen LogP contribution is 2.33. The van der Waals surface area contributed by atoms with Gasteiger partial charge in [0.05, 0.1) is 0 Å². The van der Waals surface area contributed by atoms with E-state index >= 15 is 0 Å². The van der Waals surface area contributed by atoms with Crippen molar-refractivity contribution in [1.29, 1.82) is 0 Å². The van der Waals surface area contributed by atoms with Crippen molar-refractivity contribution in [2.45, 2.75) is 52.9 Å². The molecule has 0 aliphatic heterocycles. The minimum Gasteiger partial charge on any atom is -0.299 e. The molecular weight excluding hydrogens is 160 g/mol. The lowest BCUT2D eigenvalue weighted by Gasteiger charge is -2.27. The van der Waals surface area contributed by atoms with Gasteiger partial charge in [0.2, 0.25) is 0 Å². The van der Waals surface area contributed by atoms with Crippen molar-refractivity contribution in [3.05, 3.63) is 12.2 Å². The molecule has 0 saturated carbocycles. The number of hydrogen-bond acceptors (Lipinski definition) is 1. The molecule has 0 bridgehead atoms. The van der Waals surface area contributed by atoms with Gasteiger partial charge in [-0.25, -0.2) is 0 Å². The Balaban J connectivity index is 4.29. The van der Waals surface area contributed by atoms with Crippen molar-refractivity contribution < 1.29 is 4.79 Å². The number of carbonyl (C=O) groups is 1. The van der Waals surface area contributed by atoms with E-state index in [-0.39, 0.29) is 5.41 Å². The molecule has 0 aliphatic rings. The first-order valence-electron chi connectivity index (χ1n) is 5.37. The topological polar surface area (TPSA) is 17.1 Å². The molecule has 0 aromatic carbocycles. The standard InChI is InChI=1S/C12H22O/c1-4-7-9-12(5-2,6-3)10-8-11-13/h8,10-11H,4-7,9H2,1-3H3. The van der Waals surface area contributed by atoms with E-state index in [1.54, 1.807) is 6.08 Å². The molecule has 0 spiro atoms. The van der Waals surface area contributed by atoms with Crippen LogP contribution in [0.5, 0.6) is 0 Å². The van der Waals surface area contributed by atoms with Gasteiger partial charge in [0.25, 0.3) is 0 Å². The zero-order chi connectivity index (χ0) is 10.2. The molecule has 0 rings (SSSR count). The zero-order valence-electron chi connectivity index (χ0n) is 9.18. The lowest BCUT2D eigenvalue weighted by atomic mass is 9.77. The van der Waals surface area contributed by atoms with Crippen molar-refractivity contribution >= 4 is 6.29 Å². The summed E-state index contributed by atoms with van der Waals surface area (Å²) >= 11 is 0. The fourth-order valence-electron chi connectivity index (χ4n) is 1.69. The van der Waals surface area contributed by atoms with Crippen molar-refractivity contribution in [3.8, 4) is 0 Å². The number of unbranched alkanes of at least 4 members (excludes halogenated alkanes) is 1. The van der Waals surface area contributed by atoms with E-state index in [1.165, 1.54) is 19.3 Å². The summed E-state index contributed by atoms with van der Waals surface area (Å²) < 4.78 is 0. The Morgan fingerprint density at radius 2 is 1.77 bits per heavy atom. The summed E-state index contributed by atoms with van der Waals surface area (Å²) in [4.78, 5) is 10.3. The van der Waals surface area contributed by atoms with Crippen LogP contribution in [0.3, 0.4) is 0 Å². The van der Waals surface area contributed by atoms with Crippen LogP contribution < -0.4 is 0 Å². The minimum absolute atomic E-state index is 0.275. The van der Waals surface area contributed by atoms with Gasteiger partial charge in [-0.15, -0.1) is 0 Å². The molecule has 13 heavy (non-hydrogen) atoms. The highest BCUT2D eigenvalue weighted by atomic mass is 16.1. The van der Waals surface area contributed by atoms with Crippen molar-refractivity contribution in [2.75, 3.05) is 0 Å². The molecule has 0 aromatic heterocycles. The Hall–Kier alpha value is -0.590. The van der Waals surface area contributed by atoms with Gasteiger partial charge in [-0.05, 0) is 30.8 Å². The first-order valence-corrected chi connectivity index (χ1v) is 5.37. The van der Waals surface area contributed by atoms with Gasteiger partial charge in [-0.2, -0.15) is 0 Å². The van der Waals surface area contributed by atoms with Crippen LogP contribution in [0.1, 0.15) is 52.9 Å². The molecule has 76 valence electrons. The predicted octanol–water partition coefficient (Wildman–Crippen LogP) is 3.74. The third-order valence-electron chi connectivity index (χ3n) is 2.96. The smallest absolute Gasteiger partial charge is 0.142 e. The number of rotatable bonds is 7. The van der Waals surface area contributed by atoms with Gasteiger partial charge >= 0.3 is 0 Å². The Kier molecular flexibility index (Phi) is 6.56. The van der Waals surface area contributed by atoms with Gasteiger partial charge in [-0.1, -0.05) is 39.7 Å². The van der Waals surface area contributed by atoms with E-state index in [4.69, 9.17) is 0 Å². The number of hydrogen-bond donors (Lipinski definition) is 0. The van der Waals surface area contributed by atoms with Crippen molar-refractivity contribution in [3.63, 3.8) is 0 Å². The fourth-order valence-corrected chi connectivity index (χ4v) is 1.69. The molecule has 0 N–H and O–H groups in total. The second-order valence-corrected chi connectivity index (χ2v) is 3.67. The molecular formula is C12H22O. The average molecular weight is 182 g/mol. The van der Waals surface area contributed by atoms with Crippen LogP contribution >= 0.6 is 0 Å². The molecule has 0 unspecified atom stereocenters. The zero-order valence-corrected chi connectivity index (χ0v) is 9.18. The van der Waals surface area contributed by atoms with E-state index in [0.717, 1.165) is 19.1 Å². The largest absolute Gasteiger partial charge is 0.299 e. The van der Waals surface area contributed by atoms with E-state index in [0.29, 0.717) is 0 Å². The molecule has 1 nitrogen and oxygen atoms in total. The van der Waals surface area contributed by atoms with E-state index in [2.05, 4.69) is 26.8 Å². The Bertz CT molecular complexity index is 155. The van der Waals surface area contributed by atoms with Crippen LogP contribution in [-0.2, 0) is 4.79 Å². The Morgan fingerprint density at radius 3 is 2.15 bits per heavy atom. The van der Waals surface area contributed by atoms with Gasteiger partial charge in [-0.3, -0.25) is 4.79 Å². The minimum atomic E-state index is 0.275. The highest BCUT2D eigenvalue weighted by molar-refractivity contribution is 5.64. The molecule has 0 atom stereocenters. The summed E-state index contributed by atoms with van der Waals surface area (Å²) in [6.45, 7) is 6.61. The lowest BCUT2D eigenvalue weighted by Crippen LogP contribution is -2.15. The van der Waals surface area contributed by atoms with Crippen molar-refractivity contribution in [1.82, 2.24) is 0 Å². The summed E-state index contributed by atoms with van der Waals surface area (Å²) in [6, 6.07) is 0. The van der Waals surface area contributed by atoms with Crippen LogP contribution in [0.2, 0.25) is 0 Å². The summed E-state index contributed by atoms with van der Waals surface area (Å²) in [5.74, 6) is 0. The molecule has 0 saturated heterocycles. The quantitative estimate of drug-likeness (QED) is 0.433. The maximum Gasteiger partial charge on any atom is 0.142 e. The number of aldehydes is 1. The molecule has 0 aliphatic carbocycles. The molecule has 0 fully saturated rings. The predicted molar refractivity (Wildman–Crippen MR) is 57.7 cm³/mol. The molecule has 0 heterocycles. The van der Waals surface area contributed by atoms with Gasteiger partial charge in [0.15, 0.2) is 0 Å². The van der Waals surface area contributed by atoms with Crippen LogP contribution in [0.4, 0.5) is 0 Å². The second-order valence-electron chi connectivity index (χ2n) is 3.67. The van der Waals surface area contributed by atoms with E-state index in [9.17, 15) is 4.79 Å². The van der Waals surface area contributed by atoms with Gasteiger partial charge in [0.1, 0.15) is 6.29 Å². The molecule has 1 heteroatoms. The SMILES string of the molecule is CCCCC(C=CC=O)(CC)CC. The van der Waals surface area contributed by atoms with Crippen LogP contribution in [0.15, 0.2) is 12.2 Å². The normalized spacial score (nSPS) is 12.2. The maximum atomic E-state index is 10.3. The molecule has 0 amide bonds. The first kappa shape index (κ1) is 12.4. The number of allylic oxidation sites excluding steroid dienone is 2. The Morgan fingerprint density at radius 1 is 1.15 bits per heavy atom. The summed E-state index contributed by atoms with van der Waals surface area (Å²) in [5.41, 5.74) is 0.275. The molecule has 0 radical (unpaired) electrons. The second kappa shape index (κ2) is 6.88. The van der Waals surface area contributed by atoms with Crippen LogP contribution in [0, 0.1) is 5.41 Å². The lowest BCUT2D eigenvalue weighted by molar-refractivity contribution is -0.104. The third-order valence-corrected chi connectivity index (χ3v) is 2.96. The van der Waals surface area contributed by atoms with E-state index in [1.807, 2.05) is 0 Å². The summed E-state index contributed by atoms with van der Waals surface area (Å²) in [6.07, 6.45) is 10.6. The van der Waals surface area contributed by atoms with Crippen molar-refractivity contribution in [2.24, 2.45) is 5.41 Å². The fraction of sp³-hybridized carbons (Fsp3) is 0.750. The average Bonchev–Trinajstić information content (AvgIpc) is 2.20. The maximum absolute atomic E-state index is 10.3. The highest BCUT2D eigenvalue weighted by Gasteiger charge is 2.21. The van der Waals surface area contributed by atoms with Crippen LogP contribution in [0.25, 0.3) is 0 Å². The number of carbonyl (C=O) groups excluding carboxylic acids is 1.